The molecule has 2 aromatic rings. The van der Waals surface area contributed by atoms with Crippen LogP contribution in [0.25, 0.3) is 0 Å². The first-order chi connectivity index (χ1) is 12.1. The van der Waals surface area contributed by atoms with Gasteiger partial charge in [0, 0.05) is 50.6 Å². The SMILES string of the molecule is COCCn1cc(C(=O)N2CCCC(c3cc(C)[nH]n3)C2)ccc1=O. The lowest BCUT2D eigenvalue weighted by atomic mass is 9.94. The Bertz CT molecular complexity index is 796. The molecular weight excluding hydrogens is 320 g/mol. The molecule has 0 aliphatic carbocycles. The first-order valence-electron chi connectivity index (χ1n) is 8.59. The van der Waals surface area contributed by atoms with Crippen molar-refractivity contribution in [3.05, 3.63) is 51.7 Å². The zero-order valence-electron chi connectivity index (χ0n) is 14.7. The third-order valence-corrected chi connectivity index (χ3v) is 4.62. The number of carbonyl (C=O) groups is 1. The second-order valence-electron chi connectivity index (χ2n) is 6.51. The topological polar surface area (TPSA) is 80.2 Å². The van der Waals surface area contributed by atoms with Crippen molar-refractivity contribution in [3.63, 3.8) is 0 Å². The summed E-state index contributed by atoms with van der Waals surface area (Å²) < 4.78 is 6.54. The Morgan fingerprint density at radius 3 is 3.00 bits per heavy atom. The first-order valence-corrected chi connectivity index (χ1v) is 8.59. The number of nitrogens with zero attached hydrogens (tertiary/aromatic N) is 3. The van der Waals surface area contributed by atoms with E-state index in [1.807, 2.05) is 17.9 Å². The standard InChI is InChI=1S/C18H24N4O3/c1-13-10-16(20-19-13)14-4-3-7-22(11-14)18(24)15-5-6-17(23)21(12-15)8-9-25-2/h5-6,10,12,14H,3-4,7-9,11H2,1-2H3,(H,19,20). The smallest absolute Gasteiger partial charge is 0.255 e. The van der Waals surface area contributed by atoms with Crippen LogP contribution in [-0.2, 0) is 11.3 Å². The van der Waals surface area contributed by atoms with Crippen molar-refractivity contribution < 1.29 is 9.53 Å². The predicted octanol–water partition coefficient (Wildman–Crippen LogP) is 1.55. The van der Waals surface area contributed by atoms with Gasteiger partial charge in [0.15, 0.2) is 0 Å². The summed E-state index contributed by atoms with van der Waals surface area (Å²) in [7, 11) is 1.59. The number of hydrogen-bond acceptors (Lipinski definition) is 4. The molecule has 0 bridgehead atoms. The number of H-pyrrole nitrogens is 1. The third kappa shape index (κ3) is 3.99. The molecule has 1 aliphatic rings. The molecule has 134 valence electrons. The maximum atomic E-state index is 12.9. The van der Waals surface area contributed by atoms with Gasteiger partial charge in [-0.2, -0.15) is 5.10 Å². The average molecular weight is 344 g/mol. The summed E-state index contributed by atoms with van der Waals surface area (Å²) in [4.78, 5) is 26.6. The van der Waals surface area contributed by atoms with E-state index in [9.17, 15) is 9.59 Å². The number of amides is 1. The van der Waals surface area contributed by atoms with E-state index in [4.69, 9.17) is 4.74 Å². The molecule has 1 N–H and O–H groups in total. The van der Waals surface area contributed by atoms with Crippen LogP contribution < -0.4 is 5.56 Å². The number of hydrogen-bond donors (Lipinski definition) is 1. The summed E-state index contributed by atoms with van der Waals surface area (Å²) in [5, 5.41) is 7.31. The van der Waals surface area contributed by atoms with Crippen molar-refractivity contribution in [1.82, 2.24) is 19.7 Å². The molecule has 1 amide bonds. The van der Waals surface area contributed by atoms with Crippen LogP contribution in [-0.4, -0.2) is 52.4 Å². The Labute approximate surface area is 146 Å². The lowest BCUT2D eigenvalue weighted by Crippen LogP contribution is -2.39. The summed E-state index contributed by atoms with van der Waals surface area (Å²) >= 11 is 0. The van der Waals surface area contributed by atoms with Crippen molar-refractivity contribution in [2.75, 3.05) is 26.8 Å². The Hall–Kier alpha value is -2.41. The number of aryl methyl sites for hydroxylation is 1. The van der Waals surface area contributed by atoms with Gasteiger partial charge in [-0.3, -0.25) is 14.7 Å². The number of piperidine rings is 1. The molecule has 0 aromatic carbocycles. The molecular formula is C18H24N4O3. The maximum Gasteiger partial charge on any atom is 0.255 e. The summed E-state index contributed by atoms with van der Waals surface area (Å²) in [5.41, 5.74) is 2.45. The van der Waals surface area contributed by atoms with Crippen LogP contribution in [0.5, 0.6) is 0 Å². The lowest BCUT2D eigenvalue weighted by Gasteiger charge is -2.32. The van der Waals surface area contributed by atoms with E-state index in [-0.39, 0.29) is 17.4 Å². The van der Waals surface area contributed by atoms with Gasteiger partial charge in [0.05, 0.1) is 17.9 Å². The van der Waals surface area contributed by atoms with Gasteiger partial charge in [0.25, 0.3) is 11.5 Å². The predicted molar refractivity (Wildman–Crippen MR) is 93.8 cm³/mol. The normalized spacial score (nSPS) is 17.7. The number of ether oxygens (including phenoxy) is 1. The van der Waals surface area contributed by atoms with Gasteiger partial charge >= 0.3 is 0 Å². The Kier molecular flexibility index (Phi) is 5.33. The second-order valence-corrected chi connectivity index (χ2v) is 6.51. The highest BCUT2D eigenvalue weighted by atomic mass is 16.5. The Morgan fingerprint density at radius 1 is 1.44 bits per heavy atom. The first kappa shape index (κ1) is 17.4. The molecule has 0 spiro atoms. The number of aromatic amines is 1. The highest BCUT2D eigenvalue weighted by molar-refractivity contribution is 5.94. The number of rotatable bonds is 5. The third-order valence-electron chi connectivity index (χ3n) is 4.62. The number of pyridine rings is 1. The highest BCUT2D eigenvalue weighted by Crippen LogP contribution is 2.26. The maximum absolute atomic E-state index is 12.9. The van der Waals surface area contributed by atoms with Gasteiger partial charge in [0.1, 0.15) is 0 Å². The molecule has 2 aromatic heterocycles. The quantitative estimate of drug-likeness (QED) is 0.892. The van der Waals surface area contributed by atoms with Crippen molar-refractivity contribution in [2.24, 2.45) is 0 Å². The number of carbonyl (C=O) groups excluding carboxylic acids is 1. The molecule has 7 nitrogen and oxygen atoms in total. The van der Waals surface area contributed by atoms with Gasteiger partial charge in [-0.1, -0.05) is 0 Å². The number of aromatic nitrogens is 3. The van der Waals surface area contributed by atoms with E-state index in [0.717, 1.165) is 30.8 Å². The summed E-state index contributed by atoms with van der Waals surface area (Å²) in [5.74, 6) is 0.213. The largest absolute Gasteiger partial charge is 0.383 e. The minimum absolute atomic E-state index is 0.0388. The molecule has 1 fully saturated rings. The van der Waals surface area contributed by atoms with E-state index in [2.05, 4.69) is 10.2 Å². The molecule has 1 aliphatic heterocycles. The fourth-order valence-electron chi connectivity index (χ4n) is 3.26. The van der Waals surface area contributed by atoms with Gasteiger partial charge in [0.2, 0.25) is 0 Å². The van der Waals surface area contributed by atoms with E-state index >= 15 is 0 Å². The summed E-state index contributed by atoms with van der Waals surface area (Å²) in [6.45, 7) is 4.23. The zero-order valence-corrected chi connectivity index (χ0v) is 14.7. The van der Waals surface area contributed by atoms with Gasteiger partial charge in [-0.15, -0.1) is 0 Å². The van der Waals surface area contributed by atoms with Gasteiger partial charge < -0.3 is 14.2 Å². The number of nitrogens with one attached hydrogen (secondary N) is 1. The van der Waals surface area contributed by atoms with Crippen molar-refractivity contribution in [3.8, 4) is 0 Å². The second kappa shape index (κ2) is 7.65. The molecule has 1 atom stereocenters. The van der Waals surface area contributed by atoms with E-state index in [0.29, 0.717) is 25.3 Å². The van der Waals surface area contributed by atoms with Crippen LogP contribution in [0, 0.1) is 6.92 Å². The molecule has 0 radical (unpaired) electrons. The molecule has 25 heavy (non-hydrogen) atoms. The summed E-state index contributed by atoms with van der Waals surface area (Å²) in [6.07, 6.45) is 3.61. The lowest BCUT2D eigenvalue weighted by molar-refractivity contribution is 0.0704. The van der Waals surface area contributed by atoms with Crippen LogP contribution in [0.15, 0.2) is 29.2 Å². The summed E-state index contributed by atoms with van der Waals surface area (Å²) in [6, 6.07) is 5.10. The molecule has 0 saturated carbocycles. The van der Waals surface area contributed by atoms with Crippen LogP contribution in [0.2, 0.25) is 0 Å². The average Bonchev–Trinajstić information content (AvgIpc) is 3.07. The fraction of sp³-hybridized carbons (Fsp3) is 0.500. The van der Waals surface area contributed by atoms with E-state index < -0.39 is 0 Å². The molecule has 7 heteroatoms. The van der Waals surface area contributed by atoms with E-state index in [1.54, 1.807) is 19.4 Å². The molecule has 3 heterocycles. The van der Waals surface area contributed by atoms with Crippen molar-refractivity contribution >= 4 is 5.91 Å². The zero-order chi connectivity index (χ0) is 17.8. The monoisotopic (exact) mass is 344 g/mol. The van der Waals surface area contributed by atoms with Crippen molar-refractivity contribution in [1.29, 1.82) is 0 Å². The number of likely N-dealkylation sites (tertiary alicyclic amines) is 1. The Morgan fingerprint density at radius 2 is 2.28 bits per heavy atom. The van der Waals surface area contributed by atoms with Gasteiger partial charge in [-0.05, 0) is 31.9 Å². The molecule has 1 saturated heterocycles. The Balaban J connectivity index is 1.75. The van der Waals surface area contributed by atoms with Crippen LogP contribution in [0.4, 0.5) is 0 Å². The van der Waals surface area contributed by atoms with Crippen LogP contribution >= 0.6 is 0 Å². The highest BCUT2D eigenvalue weighted by Gasteiger charge is 2.27. The molecule has 1 unspecified atom stereocenters. The fourth-order valence-corrected chi connectivity index (χ4v) is 3.26. The van der Waals surface area contributed by atoms with Crippen LogP contribution in [0.1, 0.15) is 40.5 Å². The van der Waals surface area contributed by atoms with Crippen molar-refractivity contribution in [2.45, 2.75) is 32.2 Å². The number of methoxy groups -OCH3 is 1. The minimum Gasteiger partial charge on any atom is -0.383 e. The molecule has 3 rings (SSSR count). The van der Waals surface area contributed by atoms with Crippen LogP contribution in [0.3, 0.4) is 0 Å². The minimum atomic E-state index is -0.128. The van der Waals surface area contributed by atoms with E-state index in [1.165, 1.54) is 10.6 Å². The van der Waals surface area contributed by atoms with Gasteiger partial charge in [-0.25, -0.2) is 0 Å².